The quantitative estimate of drug-likeness (QED) is 0.127. The van der Waals surface area contributed by atoms with Gasteiger partial charge in [0.15, 0.2) is 0 Å². The summed E-state index contributed by atoms with van der Waals surface area (Å²) in [7, 11) is 3.31. The summed E-state index contributed by atoms with van der Waals surface area (Å²) in [5, 5.41) is 0. The molecule has 4 aromatic heterocycles. The molecular weight excluding hydrogens is 836 g/mol. The zero-order valence-corrected chi connectivity index (χ0v) is 37.7. The van der Waals surface area contributed by atoms with E-state index in [0.717, 1.165) is 114 Å². The molecular formula is C46H48Cl2N6O4S2. The molecule has 2 atom stereocenters. The second-order valence-electron chi connectivity index (χ2n) is 14.9. The van der Waals surface area contributed by atoms with Gasteiger partial charge in [0.25, 0.3) is 0 Å². The molecule has 6 aromatic rings. The van der Waals surface area contributed by atoms with Gasteiger partial charge in [-0.25, -0.2) is 9.97 Å². The Bertz CT molecular complexity index is 2380. The molecule has 0 radical (unpaired) electrons. The number of aromatic nitrogens is 4. The maximum Gasteiger partial charge on any atom is 0.250 e. The Labute approximate surface area is 369 Å². The van der Waals surface area contributed by atoms with Crippen LogP contribution in [0.3, 0.4) is 0 Å². The van der Waals surface area contributed by atoms with Crippen molar-refractivity contribution in [3.63, 3.8) is 0 Å². The Morgan fingerprint density at radius 2 is 1.07 bits per heavy atom. The highest BCUT2D eigenvalue weighted by atomic mass is 35.5. The van der Waals surface area contributed by atoms with E-state index in [4.69, 9.17) is 32.7 Å². The van der Waals surface area contributed by atoms with Crippen molar-refractivity contribution in [2.75, 3.05) is 27.3 Å². The van der Waals surface area contributed by atoms with E-state index in [1.165, 1.54) is 22.7 Å². The molecule has 0 saturated carbocycles. The van der Waals surface area contributed by atoms with Crippen molar-refractivity contribution < 1.29 is 19.1 Å². The number of likely N-dealkylation sites (tertiary alicyclic amines) is 2. The second kappa shape index (κ2) is 19.1. The lowest BCUT2D eigenvalue weighted by Crippen LogP contribution is -2.38. The molecule has 2 aliphatic rings. The molecule has 6 heterocycles. The zero-order chi connectivity index (χ0) is 42.5. The normalized spacial score (nSPS) is 16.9. The van der Waals surface area contributed by atoms with Crippen LogP contribution in [0.2, 0.25) is 8.67 Å². The molecule has 14 heteroatoms. The van der Waals surface area contributed by atoms with Crippen LogP contribution in [-0.2, 0) is 9.59 Å². The monoisotopic (exact) mass is 882 g/mol. The molecule has 2 amide bonds. The molecule has 2 fully saturated rings. The van der Waals surface area contributed by atoms with Gasteiger partial charge in [0.1, 0.15) is 11.5 Å². The van der Waals surface area contributed by atoms with E-state index in [1.807, 2.05) is 118 Å². The first-order chi connectivity index (χ1) is 28.9. The molecule has 0 bridgehead atoms. The van der Waals surface area contributed by atoms with Crippen LogP contribution in [-0.4, -0.2) is 68.0 Å². The Kier molecular flexibility index (Phi) is 13.6. The van der Waals surface area contributed by atoms with E-state index in [0.29, 0.717) is 0 Å². The van der Waals surface area contributed by atoms with Crippen molar-refractivity contribution in [2.45, 2.75) is 65.5 Å². The van der Waals surface area contributed by atoms with Gasteiger partial charge in [-0.05, 0) is 125 Å². The molecule has 0 aliphatic carbocycles. The van der Waals surface area contributed by atoms with Crippen molar-refractivity contribution in [3.05, 3.63) is 138 Å². The van der Waals surface area contributed by atoms with Crippen LogP contribution in [0.4, 0.5) is 0 Å². The topological polar surface area (TPSA) is 94.7 Å². The van der Waals surface area contributed by atoms with Gasteiger partial charge < -0.3 is 28.4 Å². The van der Waals surface area contributed by atoms with Gasteiger partial charge in [-0.15, -0.1) is 22.7 Å². The fourth-order valence-corrected chi connectivity index (χ4v) is 9.84. The summed E-state index contributed by atoms with van der Waals surface area (Å²) in [4.78, 5) is 41.0. The average Bonchev–Trinajstić information content (AvgIpc) is 4.08. The first-order valence-electron chi connectivity index (χ1n) is 19.8. The molecule has 8 rings (SSSR count). The summed E-state index contributed by atoms with van der Waals surface area (Å²) < 4.78 is 16.6. The molecule has 0 unspecified atom stereocenters. The number of aryl methyl sites for hydroxylation is 2. The summed E-state index contributed by atoms with van der Waals surface area (Å²) >= 11 is 15.2. The van der Waals surface area contributed by atoms with Gasteiger partial charge in [0.2, 0.25) is 11.8 Å². The van der Waals surface area contributed by atoms with Crippen molar-refractivity contribution in [2.24, 2.45) is 0 Å². The number of thiophene rings is 2. The number of carbonyl (C=O) groups excluding carboxylic acids is 2. The second-order valence-corrected chi connectivity index (χ2v) is 18.4. The molecule has 2 aromatic carbocycles. The summed E-state index contributed by atoms with van der Waals surface area (Å²) in [5.41, 5.74) is 7.26. The summed E-state index contributed by atoms with van der Waals surface area (Å²) in [6, 6.07) is 19.7. The Balaban J connectivity index is 0.000000181. The highest BCUT2D eigenvalue weighted by molar-refractivity contribution is 7.16. The third kappa shape index (κ3) is 9.73. The van der Waals surface area contributed by atoms with E-state index in [9.17, 15) is 9.59 Å². The molecule has 2 saturated heterocycles. The lowest BCUT2D eigenvalue weighted by Gasteiger charge is -2.33. The third-order valence-corrected chi connectivity index (χ3v) is 13.6. The van der Waals surface area contributed by atoms with Crippen LogP contribution in [0.25, 0.3) is 23.5 Å². The number of piperidine rings is 2. The predicted octanol–water partition coefficient (Wildman–Crippen LogP) is 11.3. The number of nitrogens with zero attached hydrogens (tertiary/aromatic N) is 6. The maximum atomic E-state index is 13.2. The van der Waals surface area contributed by atoms with Crippen LogP contribution in [0, 0.1) is 13.8 Å². The van der Waals surface area contributed by atoms with E-state index in [1.54, 1.807) is 26.9 Å². The summed E-state index contributed by atoms with van der Waals surface area (Å²) in [6.07, 6.45) is 14.9. The molecule has 0 spiro atoms. The van der Waals surface area contributed by atoms with Crippen LogP contribution >= 0.6 is 45.9 Å². The van der Waals surface area contributed by atoms with Gasteiger partial charge in [0, 0.05) is 46.4 Å². The number of hydrogen-bond donors (Lipinski definition) is 0. The number of amides is 2. The van der Waals surface area contributed by atoms with Gasteiger partial charge in [-0.2, -0.15) is 0 Å². The minimum atomic E-state index is 0.0140. The number of hydrogen-bond acceptors (Lipinski definition) is 8. The highest BCUT2D eigenvalue weighted by Gasteiger charge is 2.30. The van der Waals surface area contributed by atoms with E-state index >= 15 is 0 Å². The fraction of sp³-hybridized carbons (Fsp3) is 0.304. The van der Waals surface area contributed by atoms with Gasteiger partial charge in [0.05, 0.1) is 70.4 Å². The van der Waals surface area contributed by atoms with Crippen molar-refractivity contribution >= 4 is 69.8 Å². The first-order valence-corrected chi connectivity index (χ1v) is 22.2. The molecule has 10 nitrogen and oxygen atoms in total. The van der Waals surface area contributed by atoms with E-state index < -0.39 is 0 Å². The smallest absolute Gasteiger partial charge is 0.250 e. The number of carbonyl (C=O) groups is 2. The van der Waals surface area contributed by atoms with Crippen LogP contribution in [0.1, 0.15) is 83.9 Å². The molecule has 312 valence electrons. The maximum absolute atomic E-state index is 13.2. The lowest BCUT2D eigenvalue weighted by atomic mass is 9.99. The van der Waals surface area contributed by atoms with Gasteiger partial charge in [-0.3, -0.25) is 9.59 Å². The Morgan fingerprint density at radius 1 is 0.650 bits per heavy atom. The predicted molar refractivity (Wildman–Crippen MR) is 243 cm³/mol. The number of benzene rings is 2. The number of rotatable bonds is 10. The zero-order valence-electron chi connectivity index (χ0n) is 34.5. The highest BCUT2D eigenvalue weighted by Crippen LogP contribution is 2.36. The minimum absolute atomic E-state index is 0.0140. The van der Waals surface area contributed by atoms with Crippen LogP contribution < -0.4 is 9.47 Å². The van der Waals surface area contributed by atoms with Crippen LogP contribution in [0.5, 0.6) is 11.5 Å². The number of methoxy groups -OCH3 is 2. The largest absolute Gasteiger partial charge is 0.495 e. The Morgan fingerprint density at radius 3 is 1.40 bits per heavy atom. The molecule has 0 N–H and O–H groups in total. The SMILES string of the molecule is COc1cc(/C=C2\CCCN([C@@H](C)c3ccc(Cl)s3)C2=O)ccc1-n1cnc(C)c1.COc1cc(/C=C2\CCCN([C@H](C)c3ccc(Cl)s3)C2=O)ccc1-n1cnc(C)c1. The standard InChI is InChI=1S/2C23H24ClN3O2S/c2*1-15-13-26(14-25-15)19-7-6-17(12-20(19)29-3)11-18-5-4-10-27(23(18)28)16(2)21-8-9-22(24)30-21/h2*6-9,11-14,16H,4-5,10H2,1-3H3/b2*18-11+/t2*16-/m10/s1. The van der Waals surface area contributed by atoms with Crippen molar-refractivity contribution in [1.82, 2.24) is 28.9 Å². The number of ether oxygens (including phenoxy) is 2. The number of halogens is 2. The average molecular weight is 884 g/mol. The number of imidazole rings is 2. The third-order valence-electron chi connectivity index (χ3n) is 10.8. The first kappa shape index (κ1) is 43.0. The van der Waals surface area contributed by atoms with Crippen LogP contribution in [0.15, 0.2) is 96.9 Å². The van der Waals surface area contributed by atoms with E-state index in [2.05, 4.69) is 23.8 Å². The lowest BCUT2D eigenvalue weighted by molar-refractivity contribution is -0.131. The molecule has 60 heavy (non-hydrogen) atoms. The summed E-state index contributed by atoms with van der Waals surface area (Å²) in [5.74, 6) is 1.66. The van der Waals surface area contributed by atoms with E-state index in [-0.39, 0.29) is 23.9 Å². The van der Waals surface area contributed by atoms with Crippen molar-refractivity contribution in [3.8, 4) is 22.9 Å². The van der Waals surface area contributed by atoms with Gasteiger partial charge >= 0.3 is 0 Å². The molecule has 2 aliphatic heterocycles. The van der Waals surface area contributed by atoms with Crippen molar-refractivity contribution in [1.29, 1.82) is 0 Å². The van der Waals surface area contributed by atoms with Gasteiger partial charge in [-0.1, -0.05) is 35.3 Å². The minimum Gasteiger partial charge on any atom is -0.495 e. The Hall–Kier alpha value is -5.14. The summed E-state index contributed by atoms with van der Waals surface area (Å²) in [6.45, 7) is 9.55. The fourth-order valence-electron chi connectivity index (χ4n) is 7.59.